The van der Waals surface area contributed by atoms with E-state index >= 15 is 0 Å². The summed E-state index contributed by atoms with van der Waals surface area (Å²) in [6.45, 7) is 2.52. The molecule has 1 unspecified atom stereocenters. The van der Waals surface area contributed by atoms with E-state index in [1.54, 1.807) is 0 Å². The maximum Gasteiger partial charge on any atom is 0.237 e. The van der Waals surface area contributed by atoms with Crippen molar-refractivity contribution >= 4 is 5.91 Å². The quantitative estimate of drug-likeness (QED) is 0.909. The van der Waals surface area contributed by atoms with Crippen molar-refractivity contribution < 1.29 is 4.79 Å². The van der Waals surface area contributed by atoms with E-state index in [1.165, 1.54) is 29.7 Å². The number of benzene rings is 1. The summed E-state index contributed by atoms with van der Waals surface area (Å²) in [5.41, 5.74) is 3.86. The zero-order valence-corrected chi connectivity index (χ0v) is 14.8. The molecule has 2 heterocycles. The fourth-order valence-corrected chi connectivity index (χ4v) is 3.90. The molecule has 1 saturated carbocycles. The fraction of sp³-hybridized carbons (Fsp3) is 0.500. The van der Waals surface area contributed by atoms with E-state index in [4.69, 9.17) is 0 Å². The second kappa shape index (κ2) is 7.00. The van der Waals surface area contributed by atoms with E-state index in [1.807, 2.05) is 36.1 Å². The molecule has 132 valence electrons. The average molecular weight is 338 g/mol. The second-order valence-corrected chi connectivity index (χ2v) is 7.27. The van der Waals surface area contributed by atoms with Crippen LogP contribution < -0.4 is 5.32 Å². The van der Waals surface area contributed by atoms with Crippen LogP contribution in [0.4, 0.5) is 0 Å². The molecule has 1 atom stereocenters. The highest BCUT2D eigenvalue weighted by Crippen LogP contribution is 2.41. The van der Waals surface area contributed by atoms with E-state index < -0.39 is 0 Å². The van der Waals surface area contributed by atoms with Crippen LogP contribution in [0, 0.1) is 0 Å². The van der Waals surface area contributed by atoms with Gasteiger partial charge in [0.25, 0.3) is 0 Å². The van der Waals surface area contributed by atoms with Gasteiger partial charge in [0.2, 0.25) is 5.91 Å². The van der Waals surface area contributed by atoms with Gasteiger partial charge in [-0.15, -0.1) is 0 Å². The lowest BCUT2D eigenvalue weighted by Gasteiger charge is -2.28. The van der Waals surface area contributed by atoms with Crippen LogP contribution in [0.15, 0.2) is 36.5 Å². The van der Waals surface area contributed by atoms with E-state index in [0.717, 1.165) is 32.5 Å². The van der Waals surface area contributed by atoms with Crippen molar-refractivity contribution in [2.45, 2.75) is 44.2 Å². The lowest BCUT2D eigenvalue weighted by molar-refractivity contribution is -0.125. The van der Waals surface area contributed by atoms with Gasteiger partial charge < -0.3 is 5.32 Å². The van der Waals surface area contributed by atoms with Crippen LogP contribution >= 0.6 is 0 Å². The number of hydrogen-bond donors (Lipinski definition) is 1. The number of carbonyl (C=O) groups is 1. The minimum atomic E-state index is -0.114. The maximum absolute atomic E-state index is 12.7. The molecular weight excluding hydrogens is 312 g/mol. The Kier molecular flexibility index (Phi) is 4.57. The van der Waals surface area contributed by atoms with Gasteiger partial charge in [-0.3, -0.25) is 14.4 Å². The summed E-state index contributed by atoms with van der Waals surface area (Å²) in [6, 6.07) is 10.2. The first-order valence-electron chi connectivity index (χ1n) is 9.29. The number of amides is 1. The summed E-state index contributed by atoms with van der Waals surface area (Å²) >= 11 is 0. The van der Waals surface area contributed by atoms with Gasteiger partial charge in [-0.2, -0.15) is 5.10 Å². The van der Waals surface area contributed by atoms with Gasteiger partial charge in [0.05, 0.1) is 12.2 Å². The predicted molar refractivity (Wildman–Crippen MR) is 97.2 cm³/mol. The number of aryl methyl sites for hydroxylation is 1. The first-order valence-corrected chi connectivity index (χ1v) is 9.29. The van der Waals surface area contributed by atoms with Crippen molar-refractivity contribution in [2.75, 3.05) is 13.1 Å². The van der Waals surface area contributed by atoms with Crippen molar-refractivity contribution in [1.29, 1.82) is 0 Å². The maximum atomic E-state index is 12.7. The van der Waals surface area contributed by atoms with Crippen LogP contribution in [-0.2, 0) is 24.8 Å². The molecule has 1 aromatic carbocycles. The van der Waals surface area contributed by atoms with Crippen LogP contribution in [0.5, 0.6) is 0 Å². The van der Waals surface area contributed by atoms with Crippen molar-refractivity contribution in [3.8, 4) is 0 Å². The summed E-state index contributed by atoms with van der Waals surface area (Å²) in [6.07, 6.45) is 6.28. The third-order valence-electron chi connectivity index (χ3n) is 5.34. The topological polar surface area (TPSA) is 50.2 Å². The van der Waals surface area contributed by atoms with Crippen LogP contribution in [0.25, 0.3) is 0 Å². The first kappa shape index (κ1) is 16.3. The molecule has 0 spiro atoms. The molecule has 25 heavy (non-hydrogen) atoms. The first-order chi connectivity index (χ1) is 12.2. The van der Waals surface area contributed by atoms with E-state index in [2.05, 4.69) is 27.4 Å². The van der Waals surface area contributed by atoms with Gasteiger partial charge in [0.1, 0.15) is 0 Å². The lowest BCUT2D eigenvalue weighted by atomic mass is 10.0. The number of aromatic nitrogens is 2. The number of hydrogen-bond acceptors (Lipinski definition) is 3. The Hall–Kier alpha value is -2.14. The Morgan fingerprint density at radius 2 is 2.04 bits per heavy atom. The molecule has 5 heteroatoms. The van der Waals surface area contributed by atoms with Crippen molar-refractivity contribution in [1.82, 2.24) is 20.0 Å². The third kappa shape index (κ3) is 3.61. The molecule has 1 N–H and O–H groups in total. The summed E-state index contributed by atoms with van der Waals surface area (Å²) in [5.74, 6) is 0.814. The minimum absolute atomic E-state index is 0.114. The smallest absolute Gasteiger partial charge is 0.237 e. The van der Waals surface area contributed by atoms with Gasteiger partial charge in [0, 0.05) is 43.9 Å². The van der Waals surface area contributed by atoms with Gasteiger partial charge >= 0.3 is 0 Å². The number of carbonyl (C=O) groups excluding carboxylic acids is 1. The molecule has 1 saturated heterocycles. The summed E-state index contributed by atoms with van der Waals surface area (Å²) < 4.78 is 2.02. The molecule has 4 rings (SSSR count). The van der Waals surface area contributed by atoms with E-state index in [-0.39, 0.29) is 11.9 Å². The van der Waals surface area contributed by atoms with Gasteiger partial charge in [0.15, 0.2) is 0 Å². The summed E-state index contributed by atoms with van der Waals surface area (Å²) in [4.78, 5) is 15.0. The number of nitrogens with one attached hydrogen (secondary N) is 1. The Morgan fingerprint density at radius 3 is 2.80 bits per heavy atom. The molecule has 1 aliphatic heterocycles. The minimum Gasteiger partial charge on any atom is -0.355 e. The molecule has 0 radical (unpaired) electrons. The van der Waals surface area contributed by atoms with E-state index in [9.17, 15) is 4.79 Å². The molecule has 1 aliphatic carbocycles. The highest BCUT2D eigenvalue weighted by molar-refractivity contribution is 5.82. The van der Waals surface area contributed by atoms with Crippen molar-refractivity contribution in [3.63, 3.8) is 0 Å². The summed E-state index contributed by atoms with van der Waals surface area (Å²) in [5, 5.41) is 7.57. The van der Waals surface area contributed by atoms with Gasteiger partial charge in [-0.05, 0) is 31.2 Å². The van der Waals surface area contributed by atoms with Crippen LogP contribution in [0.3, 0.4) is 0 Å². The molecule has 2 fully saturated rings. The Balaban J connectivity index is 1.57. The molecule has 2 aromatic rings. The molecule has 1 aromatic heterocycles. The third-order valence-corrected chi connectivity index (χ3v) is 5.34. The predicted octanol–water partition coefficient (Wildman–Crippen LogP) is 2.23. The SMILES string of the molecule is Cn1ncc(CN2CCCNC(=O)C2Cc2ccccc2)c1C1CC1. The van der Waals surface area contributed by atoms with Gasteiger partial charge in [-0.25, -0.2) is 0 Å². The molecule has 1 amide bonds. The molecule has 2 aliphatic rings. The summed E-state index contributed by atoms with van der Waals surface area (Å²) in [7, 11) is 2.04. The Bertz CT molecular complexity index is 735. The van der Waals surface area contributed by atoms with Crippen LogP contribution in [0.2, 0.25) is 0 Å². The van der Waals surface area contributed by atoms with Crippen LogP contribution in [-0.4, -0.2) is 39.7 Å². The molecule has 0 bridgehead atoms. The Morgan fingerprint density at radius 1 is 1.24 bits per heavy atom. The zero-order valence-electron chi connectivity index (χ0n) is 14.8. The highest BCUT2D eigenvalue weighted by atomic mass is 16.2. The van der Waals surface area contributed by atoms with Crippen LogP contribution in [0.1, 0.15) is 42.0 Å². The Labute approximate surface area is 149 Å². The van der Waals surface area contributed by atoms with E-state index in [0.29, 0.717) is 5.92 Å². The molecular formula is C20H26N4O. The van der Waals surface area contributed by atoms with Crippen molar-refractivity contribution in [3.05, 3.63) is 53.3 Å². The lowest BCUT2D eigenvalue weighted by Crippen LogP contribution is -2.45. The van der Waals surface area contributed by atoms with Gasteiger partial charge in [-0.1, -0.05) is 30.3 Å². The zero-order chi connectivity index (χ0) is 17.2. The monoisotopic (exact) mass is 338 g/mol. The molecule has 5 nitrogen and oxygen atoms in total. The number of rotatable bonds is 5. The normalized spacial score (nSPS) is 21.8. The highest BCUT2D eigenvalue weighted by Gasteiger charge is 2.33. The standard InChI is InChI=1S/C20H26N4O/c1-23-19(16-8-9-16)17(13-22-23)14-24-11-5-10-21-20(25)18(24)12-15-6-3-2-4-7-15/h2-4,6-7,13,16,18H,5,8-12,14H2,1H3,(H,21,25). The largest absolute Gasteiger partial charge is 0.355 e. The second-order valence-electron chi connectivity index (χ2n) is 7.27. The average Bonchev–Trinajstić information content (AvgIpc) is 3.41. The van der Waals surface area contributed by atoms with Crippen molar-refractivity contribution in [2.24, 2.45) is 7.05 Å². The number of nitrogens with zero attached hydrogens (tertiary/aromatic N) is 3. The fourth-order valence-electron chi connectivity index (χ4n) is 3.90.